The highest BCUT2D eigenvalue weighted by Crippen LogP contribution is 2.24. The smallest absolute Gasteiger partial charge is 0.124 e. The molecule has 2 aromatic rings. The van der Waals surface area contributed by atoms with E-state index < -0.39 is 0 Å². The Balaban J connectivity index is 1.93. The molecule has 3 nitrogen and oxygen atoms in total. The van der Waals surface area contributed by atoms with Crippen molar-refractivity contribution < 1.29 is 9.47 Å². The van der Waals surface area contributed by atoms with Crippen LogP contribution in [-0.2, 0) is 6.54 Å². The van der Waals surface area contributed by atoms with Crippen LogP contribution < -0.4 is 14.8 Å². The molecule has 0 amide bonds. The fourth-order valence-electron chi connectivity index (χ4n) is 2.47. The number of nitrogens with one attached hydrogen (secondary N) is 1. The zero-order chi connectivity index (χ0) is 16.8. The van der Waals surface area contributed by atoms with E-state index in [1.165, 1.54) is 16.7 Å². The van der Waals surface area contributed by atoms with E-state index in [2.05, 4.69) is 38.2 Å². The van der Waals surface area contributed by atoms with E-state index in [0.717, 1.165) is 17.1 Å². The fourth-order valence-corrected chi connectivity index (χ4v) is 2.67. The van der Waals surface area contributed by atoms with Crippen LogP contribution >= 0.6 is 11.6 Å². The first-order valence-corrected chi connectivity index (χ1v) is 8.15. The number of rotatable bonds is 7. The lowest BCUT2D eigenvalue weighted by Crippen LogP contribution is -2.12. The second-order valence-corrected chi connectivity index (χ2v) is 6.12. The molecule has 4 heteroatoms. The van der Waals surface area contributed by atoms with Gasteiger partial charge in [0.1, 0.15) is 24.7 Å². The van der Waals surface area contributed by atoms with Crippen molar-refractivity contribution in [2.45, 2.75) is 27.3 Å². The highest BCUT2D eigenvalue weighted by atomic mass is 35.5. The minimum Gasteiger partial charge on any atom is -0.490 e. The molecule has 0 spiro atoms. The lowest BCUT2D eigenvalue weighted by Gasteiger charge is -2.14. The van der Waals surface area contributed by atoms with Gasteiger partial charge in [-0.3, -0.25) is 0 Å². The molecule has 0 heterocycles. The van der Waals surface area contributed by atoms with Crippen LogP contribution in [0.5, 0.6) is 11.5 Å². The van der Waals surface area contributed by atoms with Crippen LogP contribution in [0.2, 0.25) is 5.02 Å². The molecule has 0 atom stereocenters. The summed E-state index contributed by atoms with van der Waals surface area (Å²) in [6.07, 6.45) is 0. The molecule has 0 aliphatic heterocycles. The fraction of sp³-hybridized carbons (Fsp3) is 0.368. The lowest BCUT2D eigenvalue weighted by atomic mass is 10.1. The number of halogens is 1. The summed E-state index contributed by atoms with van der Waals surface area (Å²) in [5.74, 6) is 1.77. The van der Waals surface area contributed by atoms with Crippen molar-refractivity contribution in [3.63, 3.8) is 0 Å². The van der Waals surface area contributed by atoms with Crippen LogP contribution in [0.15, 0.2) is 30.3 Å². The van der Waals surface area contributed by atoms with Crippen LogP contribution in [0.25, 0.3) is 0 Å². The summed E-state index contributed by atoms with van der Waals surface area (Å²) in [5.41, 5.74) is 4.67. The van der Waals surface area contributed by atoms with Gasteiger partial charge in [-0.2, -0.15) is 0 Å². The Hall–Kier alpha value is -1.71. The molecule has 0 saturated carbocycles. The van der Waals surface area contributed by atoms with Gasteiger partial charge in [-0.1, -0.05) is 17.7 Å². The van der Waals surface area contributed by atoms with E-state index in [-0.39, 0.29) is 0 Å². The third-order valence-electron chi connectivity index (χ3n) is 3.75. The Morgan fingerprint density at radius 3 is 2.35 bits per heavy atom. The van der Waals surface area contributed by atoms with E-state index in [1.54, 1.807) is 0 Å². The third kappa shape index (κ3) is 4.88. The molecule has 0 unspecified atom stereocenters. The molecule has 0 fully saturated rings. The van der Waals surface area contributed by atoms with Crippen molar-refractivity contribution in [1.29, 1.82) is 0 Å². The number of aryl methyl sites for hydroxylation is 2. The number of ether oxygens (including phenoxy) is 2. The van der Waals surface area contributed by atoms with Crippen LogP contribution in [0.3, 0.4) is 0 Å². The van der Waals surface area contributed by atoms with Gasteiger partial charge >= 0.3 is 0 Å². The van der Waals surface area contributed by atoms with Crippen molar-refractivity contribution in [2.24, 2.45) is 0 Å². The predicted octanol–water partition coefficient (Wildman–Crippen LogP) is 4.44. The molecule has 0 aromatic heterocycles. The summed E-state index contributed by atoms with van der Waals surface area (Å²) in [6, 6.07) is 9.89. The average molecular weight is 334 g/mol. The third-order valence-corrected chi connectivity index (χ3v) is 3.99. The predicted molar refractivity (Wildman–Crippen MR) is 95.9 cm³/mol. The minimum absolute atomic E-state index is 0.491. The first kappa shape index (κ1) is 17.6. The summed E-state index contributed by atoms with van der Waals surface area (Å²) >= 11 is 6.03. The van der Waals surface area contributed by atoms with Gasteiger partial charge in [-0.15, -0.1) is 0 Å². The maximum atomic E-state index is 6.03. The van der Waals surface area contributed by atoms with Gasteiger partial charge in [0.2, 0.25) is 0 Å². The van der Waals surface area contributed by atoms with Gasteiger partial charge in [0.05, 0.1) is 0 Å². The van der Waals surface area contributed by atoms with E-state index in [1.807, 2.05) is 25.2 Å². The summed E-state index contributed by atoms with van der Waals surface area (Å²) in [4.78, 5) is 0. The molecule has 0 radical (unpaired) electrons. The van der Waals surface area contributed by atoms with Crippen molar-refractivity contribution in [3.05, 3.63) is 57.6 Å². The first-order chi connectivity index (χ1) is 11.0. The van der Waals surface area contributed by atoms with Crippen molar-refractivity contribution in [2.75, 3.05) is 20.3 Å². The maximum Gasteiger partial charge on any atom is 0.124 e. The molecule has 23 heavy (non-hydrogen) atoms. The highest BCUT2D eigenvalue weighted by Gasteiger charge is 2.06. The molecule has 0 bridgehead atoms. The Labute approximate surface area is 143 Å². The SMILES string of the molecule is CNCc1cc(Cl)ccc1OCCOc1cc(C)cc(C)c1C. The first-order valence-electron chi connectivity index (χ1n) is 7.77. The molecule has 2 rings (SSSR count). The average Bonchev–Trinajstić information content (AvgIpc) is 2.50. The number of hydrogen-bond donors (Lipinski definition) is 1. The summed E-state index contributed by atoms with van der Waals surface area (Å²) in [7, 11) is 1.90. The van der Waals surface area contributed by atoms with E-state index in [4.69, 9.17) is 21.1 Å². The Morgan fingerprint density at radius 2 is 1.65 bits per heavy atom. The summed E-state index contributed by atoms with van der Waals surface area (Å²) in [5, 5.41) is 3.83. The van der Waals surface area contributed by atoms with Gasteiger partial charge in [0, 0.05) is 17.1 Å². The van der Waals surface area contributed by atoms with Crippen molar-refractivity contribution in [1.82, 2.24) is 5.32 Å². The standard InChI is InChI=1S/C19H24ClNO2/c1-13-9-14(2)15(3)19(10-13)23-8-7-22-18-6-5-17(20)11-16(18)12-21-4/h5-6,9-11,21H,7-8,12H2,1-4H3. The summed E-state index contributed by atoms with van der Waals surface area (Å²) in [6.45, 7) is 7.97. The Morgan fingerprint density at radius 1 is 0.957 bits per heavy atom. The van der Waals surface area contributed by atoms with Crippen LogP contribution in [0, 0.1) is 20.8 Å². The molecule has 0 aliphatic carbocycles. The Bertz CT molecular complexity index is 671. The van der Waals surface area contributed by atoms with E-state index >= 15 is 0 Å². The molecule has 0 aliphatic rings. The van der Waals surface area contributed by atoms with Gasteiger partial charge < -0.3 is 14.8 Å². The molecule has 1 N–H and O–H groups in total. The van der Waals surface area contributed by atoms with Crippen LogP contribution in [0.1, 0.15) is 22.3 Å². The molecule has 124 valence electrons. The van der Waals surface area contributed by atoms with E-state index in [9.17, 15) is 0 Å². The molecular formula is C19H24ClNO2. The second kappa shape index (κ2) is 8.23. The minimum atomic E-state index is 0.491. The highest BCUT2D eigenvalue weighted by molar-refractivity contribution is 6.30. The second-order valence-electron chi connectivity index (χ2n) is 5.68. The maximum absolute atomic E-state index is 6.03. The number of benzene rings is 2. The van der Waals surface area contributed by atoms with Crippen molar-refractivity contribution in [3.8, 4) is 11.5 Å². The zero-order valence-corrected chi connectivity index (χ0v) is 15.0. The molecular weight excluding hydrogens is 310 g/mol. The zero-order valence-electron chi connectivity index (χ0n) is 14.2. The van der Waals surface area contributed by atoms with Crippen LogP contribution in [0.4, 0.5) is 0 Å². The molecule has 0 saturated heterocycles. The Kier molecular flexibility index (Phi) is 6.31. The van der Waals surface area contributed by atoms with Gasteiger partial charge in [-0.05, 0) is 68.8 Å². The lowest BCUT2D eigenvalue weighted by molar-refractivity contribution is 0.215. The number of hydrogen-bond acceptors (Lipinski definition) is 3. The normalized spacial score (nSPS) is 10.7. The van der Waals surface area contributed by atoms with E-state index in [0.29, 0.717) is 24.8 Å². The van der Waals surface area contributed by atoms with Gasteiger partial charge in [0.15, 0.2) is 0 Å². The summed E-state index contributed by atoms with van der Waals surface area (Å²) < 4.78 is 11.7. The van der Waals surface area contributed by atoms with Crippen LogP contribution in [-0.4, -0.2) is 20.3 Å². The van der Waals surface area contributed by atoms with Gasteiger partial charge in [0.25, 0.3) is 0 Å². The molecule has 2 aromatic carbocycles. The quantitative estimate of drug-likeness (QED) is 0.760. The monoisotopic (exact) mass is 333 g/mol. The van der Waals surface area contributed by atoms with Crippen molar-refractivity contribution >= 4 is 11.6 Å². The topological polar surface area (TPSA) is 30.5 Å². The van der Waals surface area contributed by atoms with Gasteiger partial charge in [-0.25, -0.2) is 0 Å². The largest absolute Gasteiger partial charge is 0.490 e.